The van der Waals surface area contributed by atoms with Crippen LogP contribution in [0.15, 0.2) is 64.5 Å². The second kappa shape index (κ2) is 8.86. The molecule has 28 heavy (non-hydrogen) atoms. The van der Waals surface area contributed by atoms with Crippen molar-refractivity contribution in [3.8, 4) is 5.75 Å². The molecule has 0 saturated heterocycles. The van der Waals surface area contributed by atoms with Crippen LogP contribution in [0.1, 0.15) is 12.6 Å². The molecule has 1 aliphatic heterocycles. The molecule has 0 aliphatic carbocycles. The van der Waals surface area contributed by atoms with Gasteiger partial charge in [0.05, 0.1) is 29.8 Å². The van der Waals surface area contributed by atoms with E-state index >= 15 is 0 Å². The highest BCUT2D eigenvalue weighted by molar-refractivity contribution is 8.03. The number of rotatable bonds is 5. The van der Waals surface area contributed by atoms with E-state index in [1.807, 2.05) is 12.1 Å². The van der Waals surface area contributed by atoms with Crippen molar-refractivity contribution in [3.63, 3.8) is 0 Å². The molecule has 1 aliphatic rings. The van der Waals surface area contributed by atoms with Crippen LogP contribution < -0.4 is 26.6 Å². The van der Waals surface area contributed by atoms with Gasteiger partial charge in [-0.1, -0.05) is 23.9 Å². The second-order valence-electron chi connectivity index (χ2n) is 6.35. The summed E-state index contributed by atoms with van der Waals surface area (Å²) in [5.41, 5.74) is 3.49. The third kappa shape index (κ3) is 3.70. The van der Waals surface area contributed by atoms with Gasteiger partial charge in [0.2, 0.25) is 11.2 Å². The zero-order valence-electron chi connectivity index (χ0n) is 15.9. The van der Waals surface area contributed by atoms with E-state index in [4.69, 9.17) is 4.74 Å². The number of aryl methyl sites for hydroxylation is 1. The molecule has 2 heterocycles. The lowest BCUT2D eigenvalue weighted by Gasteiger charge is -2.18. The highest BCUT2D eigenvalue weighted by atomic mass is 35.5. The molecule has 0 unspecified atom stereocenters. The van der Waals surface area contributed by atoms with Gasteiger partial charge in [-0.15, -0.1) is 0 Å². The van der Waals surface area contributed by atoms with Crippen LogP contribution >= 0.6 is 11.8 Å². The van der Waals surface area contributed by atoms with Gasteiger partial charge in [0.25, 0.3) is 0 Å². The number of ether oxygens (including phenoxy) is 1. The zero-order chi connectivity index (χ0) is 18.8. The van der Waals surface area contributed by atoms with Crippen molar-refractivity contribution in [2.45, 2.75) is 18.4 Å². The zero-order valence-corrected chi connectivity index (χ0v) is 17.5. The summed E-state index contributed by atoms with van der Waals surface area (Å²) in [7, 11) is 1.69. The van der Waals surface area contributed by atoms with Crippen molar-refractivity contribution in [2.24, 2.45) is 0 Å². The van der Waals surface area contributed by atoms with E-state index in [0.717, 1.165) is 34.1 Å². The Bertz CT molecular complexity index is 1020. The van der Waals surface area contributed by atoms with Gasteiger partial charge in [0, 0.05) is 29.6 Å². The lowest BCUT2D eigenvalue weighted by atomic mass is 10.1. The molecular weight excluding hydrogens is 392 g/mol. The number of β-amino-alcohol motifs (C(OH)–C–C–N with tert-alkyl or cyclic N) is 1. The Kier molecular flexibility index (Phi) is 6.50. The Morgan fingerprint density at radius 2 is 1.96 bits per heavy atom. The number of anilines is 1. The monoisotopic (exact) mass is 414 g/mol. The fourth-order valence-electron chi connectivity index (χ4n) is 3.54. The summed E-state index contributed by atoms with van der Waals surface area (Å²) in [4.78, 5) is 3.42. The van der Waals surface area contributed by atoms with Gasteiger partial charge in [-0.3, -0.25) is 0 Å². The minimum absolute atomic E-state index is 0. The van der Waals surface area contributed by atoms with Gasteiger partial charge in [-0.25, -0.2) is 0 Å². The van der Waals surface area contributed by atoms with Crippen LogP contribution in [-0.4, -0.2) is 25.4 Å². The summed E-state index contributed by atoms with van der Waals surface area (Å²) < 4.78 is 7.66. The van der Waals surface area contributed by atoms with Crippen LogP contribution in [0.3, 0.4) is 0 Å². The lowest BCUT2D eigenvalue weighted by molar-refractivity contribution is -0.669. The highest BCUT2D eigenvalue weighted by Gasteiger charge is 2.25. The topological polar surface area (TPSA) is 36.6 Å². The second-order valence-corrected chi connectivity index (χ2v) is 7.42. The van der Waals surface area contributed by atoms with E-state index in [0.29, 0.717) is 6.54 Å². The lowest BCUT2D eigenvalue weighted by Crippen LogP contribution is -3.00. The summed E-state index contributed by atoms with van der Waals surface area (Å²) in [5.74, 6) is 0.868. The Labute approximate surface area is 175 Å². The molecule has 4 nitrogen and oxygen atoms in total. The number of pyridine rings is 1. The molecule has 4 rings (SSSR count). The first-order valence-corrected chi connectivity index (χ1v) is 9.94. The standard InChI is InChI=1S/C22H23N2O2S.ClH/c1-3-23-17(9-8-16-14-18(26-2)10-11-19(16)23)15-22-24(12-13-25)20-6-4-5-7-21(20)27-22;/h4-11,14-15,25H,3,12-13H2,1-2H3;1H/q+1;/p-1. The molecule has 0 atom stereocenters. The Hall–Kier alpha value is -2.21. The minimum atomic E-state index is 0. The van der Waals surface area contributed by atoms with E-state index < -0.39 is 0 Å². The number of aromatic nitrogens is 1. The molecule has 0 saturated carbocycles. The van der Waals surface area contributed by atoms with E-state index in [2.05, 4.69) is 64.9 Å². The number of halogens is 1. The first kappa shape index (κ1) is 20.5. The van der Waals surface area contributed by atoms with E-state index in [-0.39, 0.29) is 19.0 Å². The van der Waals surface area contributed by atoms with Crippen LogP contribution in [0.4, 0.5) is 5.69 Å². The molecular formula is C22H23ClN2O2S. The van der Waals surface area contributed by atoms with Crippen LogP contribution in [0.2, 0.25) is 0 Å². The van der Waals surface area contributed by atoms with Crippen molar-refractivity contribution in [3.05, 3.63) is 65.3 Å². The van der Waals surface area contributed by atoms with Gasteiger partial charge < -0.3 is 27.2 Å². The Morgan fingerprint density at radius 3 is 2.71 bits per heavy atom. The third-order valence-electron chi connectivity index (χ3n) is 4.82. The predicted molar refractivity (Wildman–Crippen MR) is 111 cm³/mol. The molecule has 0 radical (unpaired) electrons. The summed E-state index contributed by atoms with van der Waals surface area (Å²) in [6.45, 7) is 3.75. The molecule has 0 spiro atoms. The van der Waals surface area contributed by atoms with Crippen LogP contribution in [-0.2, 0) is 6.54 Å². The predicted octanol–water partition coefficient (Wildman–Crippen LogP) is 1.06. The summed E-state index contributed by atoms with van der Waals surface area (Å²) in [6.07, 6.45) is 2.22. The van der Waals surface area contributed by atoms with Gasteiger partial charge in [0.15, 0.2) is 0 Å². The minimum Gasteiger partial charge on any atom is -1.00 e. The average molecular weight is 415 g/mol. The number of para-hydroxylation sites is 1. The number of nitrogens with zero attached hydrogens (tertiary/aromatic N) is 2. The van der Waals surface area contributed by atoms with Crippen LogP contribution in [0.5, 0.6) is 5.75 Å². The van der Waals surface area contributed by atoms with Gasteiger partial charge >= 0.3 is 0 Å². The van der Waals surface area contributed by atoms with Gasteiger partial charge in [-0.2, -0.15) is 4.57 Å². The summed E-state index contributed by atoms with van der Waals surface area (Å²) >= 11 is 1.75. The number of methoxy groups -OCH3 is 1. The maximum atomic E-state index is 9.53. The number of benzene rings is 2. The number of hydrogen-bond donors (Lipinski definition) is 1. The Morgan fingerprint density at radius 1 is 1.14 bits per heavy atom. The fourth-order valence-corrected chi connectivity index (χ4v) is 4.67. The average Bonchev–Trinajstić information content (AvgIpc) is 3.05. The van der Waals surface area contributed by atoms with Crippen molar-refractivity contribution < 1.29 is 26.8 Å². The Balaban J connectivity index is 0.00000225. The largest absolute Gasteiger partial charge is 1.00 e. The van der Waals surface area contributed by atoms with Gasteiger partial charge in [0.1, 0.15) is 12.3 Å². The maximum Gasteiger partial charge on any atom is 0.213 e. The molecule has 146 valence electrons. The highest BCUT2D eigenvalue weighted by Crippen LogP contribution is 2.46. The molecule has 1 aromatic heterocycles. The van der Waals surface area contributed by atoms with E-state index in [9.17, 15) is 5.11 Å². The van der Waals surface area contributed by atoms with Gasteiger partial charge in [-0.05, 0) is 37.3 Å². The fraction of sp³-hybridized carbons (Fsp3) is 0.227. The summed E-state index contributed by atoms with van der Waals surface area (Å²) in [6, 6.07) is 18.8. The molecule has 3 aromatic rings. The first-order valence-electron chi connectivity index (χ1n) is 9.12. The normalized spacial score (nSPS) is 14.2. The molecule has 2 aromatic carbocycles. The van der Waals surface area contributed by atoms with Crippen molar-refractivity contribution in [1.29, 1.82) is 0 Å². The van der Waals surface area contributed by atoms with Crippen molar-refractivity contribution >= 4 is 34.4 Å². The smallest absolute Gasteiger partial charge is 0.213 e. The molecule has 0 fully saturated rings. The number of aliphatic hydroxyl groups is 1. The first-order chi connectivity index (χ1) is 13.2. The van der Waals surface area contributed by atoms with E-state index in [1.165, 1.54) is 10.4 Å². The molecule has 0 bridgehead atoms. The molecule has 1 N–H and O–H groups in total. The number of fused-ring (bicyclic) bond motifs is 2. The summed E-state index contributed by atoms with van der Waals surface area (Å²) in [5, 5.41) is 11.8. The number of aliphatic hydroxyl groups excluding tert-OH is 1. The third-order valence-corrected chi connectivity index (χ3v) is 5.93. The van der Waals surface area contributed by atoms with Crippen LogP contribution in [0, 0.1) is 0 Å². The molecule has 6 heteroatoms. The number of thioether (sulfide) groups is 1. The SMILES string of the molecule is CC[n+]1c(C=C2Sc3ccccc3N2CCO)ccc2cc(OC)ccc21.[Cl-]. The van der Waals surface area contributed by atoms with Crippen molar-refractivity contribution in [1.82, 2.24) is 0 Å². The van der Waals surface area contributed by atoms with Crippen LogP contribution in [0.25, 0.3) is 17.0 Å². The quantitative estimate of drug-likeness (QED) is 0.633. The maximum absolute atomic E-state index is 9.53. The number of hydrogen-bond acceptors (Lipinski definition) is 4. The molecule has 0 amide bonds. The van der Waals surface area contributed by atoms with E-state index in [1.54, 1.807) is 18.9 Å². The van der Waals surface area contributed by atoms with Crippen molar-refractivity contribution in [2.75, 3.05) is 25.2 Å².